The van der Waals surface area contributed by atoms with Crippen molar-refractivity contribution in [3.05, 3.63) is 16.5 Å². The summed E-state index contributed by atoms with van der Waals surface area (Å²) in [5, 5.41) is 9.31. The van der Waals surface area contributed by atoms with Crippen molar-refractivity contribution in [1.29, 1.82) is 5.26 Å². The predicted molar refractivity (Wildman–Crippen MR) is 50.8 cm³/mol. The molecule has 2 N–H and O–H groups in total. The summed E-state index contributed by atoms with van der Waals surface area (Å²) in [7, 11) is 0. The van der Waals surface area contributed by atoms with Crippen molar-refractivity contribution in [2.75, 3.05) is 5.73 Å². The van der Waals surface area contributed by atoms with Crippen LogP contribution in [-0.4, -0.2) is 0 Å². The minimum absolute atomic E-state index is 0.157. The molecule has 1 atom stereocenters. The molecule has 0 aromatic carbocycles. The van der Waals surface area contributed by atoms with Gasteiger partial charge in [0.1, 0.15) is 11.1 Å². The van der Waals surface area contributed by atoms with Gasteiger partial charge in [-0.25, -0.2) is 0 Å². The summed E-state index contributed by atoms with van der Waals surface area (Å²) in [6.07, 6.45) is 0. The van der Waals surface area contributed by atoms with Crippen LogP contribution in [0.25, 0.3) is 0 Å². The van der Waals surface area contributed by atoms with E-state index in [4.69, 9.17) is 11.0 Å². The standard InChI is InChI=1S/C7H8N2S2/c1-4(10)6-2-5(3-8)7(9)11-6/h2,4,10H,9H2,1H3. The summed E-state index contributed by atoms with van der Waals surface area (Å²) >= 11 is 5.66. The zero-order valence-electron chi connectivity index (χ0n) is 6.03. The fourth-order valence-corrected chi connectivity index (χ4v) is 1.77. The maximum atomic E-state index is 8.57. The molecule has 0 aliphatic heterocycles. The number of nitrogens with zero attached hydrogens (tertiary/aromatic N) is 1. The van der Waals surface area contributed by atoms with Crippen LogP contribution < -0.4 is 5.73 Å². The first-order chi connectivity index (χ1) is 5.15. The Hall–Kier alpha value is -0.660. The van der Waals surface area contributed by atoms with Crippen molar-refractivity contribution in [3.63, 3.8) is 0 Å². The molecule has 0 saturated carbocycles. The molecule has 0 amide bonds. The molecule has 1 aromatic heterocycles. The van der Waals surface area contributed by atoms with Gasteiger partial charge in [-0.3, -0.25) is 0 Å². The zero-order chi connectivity index (χ0) is 8.43. The number of anilines is 1. The summed E-state index contributed by atoms with van der Waals surface area (Å²) in [6.45, 7) is 1.95. The number of nitrogens with two attached hydrogens (primary N) is 1. The molecule has 1 rings (SSSR count). The van der Waals surface area contributed by atoms with Crippen molar-refractivity contribution in [2.45, 2.75) is 12.2 Å². The first kappa shape index (κ1) is 8.44. The molecule has 4 heteroatoms. The Morgan fingerprint density at radius 1 is 1.82 bits per heavy atom. The average Bonchev–Trinajstić information content (AvgIpc) is 2.31. The van der Waals surface area contributed by atoms with Crippen LogP contribution in [0.15, 0.2) is 6.07 Å². The molecule has 1 unspecified atom stereocenters. The van der Waals surface area contributed by atoms with Gasteiger partial charge in [0.05, 0.1) is 5.56 Å². The van der Waals surface area contributed by atoms with Crippen molar-refractivity contribution < 1.29 is 0 Å². The SMILES string of the molecule is CC(S)c1cc(C#N)c(N)s1. The Morgan fingerprint density at radius 3 is 2.73 bits per heavy atom. The second-order valence-electron chi connectivity index (χ2n) is 2.21. The molecule has 1 aromatic rings. The van der Waals surface area contributed by atoms with E-state index in [0.717, 1.165) is 4.88 Å². The molecule has 0 bridgehead atoms. The number of hydrogen-bond acceptors (Lipinski definition) is 4. The predicted octanol–water partition coefficient (Wildman–Crippen LogP) is 2.19. The molecule has 0 aliphatic rings. The van der Waals surface area contributed by atoms with Gasteiger partial charge in [0.15, 0.2) is 0 Å². The van der Waals surface area contributed by atoms with E-state index in [2.05, 4.69) is 12.6 Å². The maximum Gasteiger partial charge on any atom is 0.104 e. The highest BCUT2D eigenvalue weighted by atomic mass is 32.1. The van der Waals surface area contributed by atoms with Crippen molar-refractivity contribution in [3.8, 4) is 6.07 Å². The maximum absolute atomic E-state index is 8.57. The Balaban J connectivity index is 3.07. The zero-order valence-corrected chi connectivity index (χ0v) is 7.75. The lowest BCUT2D eigenvalue weighted by Crippen LogP contribution is -1.80. The molecular formula is C7H8N2S2. The highest BCUT2D eigenvalue weighted by Gasteiger charge is 2.08. The fraction of sp³-hybridized carbons (Fsp3) is 0.286. The van der Waals surface area contributed by atoms with Crippen LogP contribution in [0.3, 0.4) is 0 Å². The third-order valence-electron chi connectivity index (χ3n) is 1.31. The lowest BCUT2D eigenvalue weighted by molar-refractivity contribution is 1.15. The number of hydrogen-bond donors (Lipinski definition) is 2. The summed E-state index contributed by atoms with van der Waals surface area (Å²) in [5.41, 5.74) is 6.11. The fourth-order valence-electron chi connectivity index (χ4n) is 0.718. The number of nitriles is 1. The molecule has 0 spiro atoms. The first-order valence-corrected chi connectivity index (χ1v) is 4.45. The van der Waals surface area contributed by atoms with E-state index >= 15 is 0 Å². The van der Waals surface area contributed by atoms with Gasteiger partial charge in [0.25, 0.3) is 0 Å². The molecule has 0 fully saturated rings. The Morgan fingerprint density at radius 2 is 2.45 bits per heavy atom. The third kappa shape index (κ3) is 1.67. The van der Waals surface area contributed by atoms with Gasteiger partial charge in [0, 0.05) is 10.1 Å². The van der Waals surface area contributed by atoms with Crippen LogP contribution in [0, 0.1) is 11.3 Å². The van der Waals surface area contributed by atoms with E-state index in [9.17, 15) is 0 Å². The number of rotatable bonds is 1. The second kappa shape index (κ2) is 3.16. The van der Waals surface area contributed by atoms with Crippen LogP contribution in [0.1, 0.15) is 22.6 Å². The van der Waals surface area contributed by atoms with Gasteiger partial charge in [-0.2, -0.15) is 17.9 Å². The summed E-state index contributed by atoms with van der Waals surface area (Å²) < 4.78 is 0. The van der Waals surface area contributed by atoms with Gasteiger partial charge in [-0.05, 0) is 13.0 Å². The normalized spacial score (nSPS) is 12.5. The summed E-state index contributed by atoms with van der Waals surface area (Å²) in [4.78, 5) is 1.04. The minimum Gasteiger partial charge on any atom is -0.389 e. The number of thiophene rings is 1. The molecule has 1 heterocycles. The van der Waals surface area contributed by atoms with Gasteiger partial charge in [-0.15, -0.1) is 11.3 Å². The topological polar surface area (TPSA) is 49.8 Å². The van der Waals surface area contributed by atoms with E-state index < -0.39 is 0 Å². The lowest BCUT2D eigenvalue weighted by atomic mass is 10.3. The van der Waals surface area contributed by atoms with Crippen molar-refractivity contribution in [2.24, 2.45) is 0 Å². The van der Waals surface area contributed by atoms with Gasteiger partial charge >= 0.3 is 0 Å². The average molecular weight is 184 g/mol. The van der Waals surface area contributed by atoms with Crippen LogP contribution in [0.4, 0.5) is 5.00 Å². The highest BCUT2D eigenvalue weighted by Crippen LogP contribution is 2.31. The van der Waals surface area contributed by atoms with Crippen LogP contribution in [-0.2, 0) is 0 Å². The quantitative estimate of drug-likeness (QED) is 0.657. The van der Waals surface area contributed by atoms with Crippen LogP contribution >= 0.6 is 24.0 Å². The Kier molecular flexibility index (Phi) is 2.42. The third-order valence-corrected chi connectivity index (χ3v) is 2.91. The van der Waals surface area contributed by atoms with E-state index in [0.29, 0.717) is 10.6 Å². The molecule has 11 heavy (non-hydrogen) atoms. The lowest BCUT2D eigenvalue weighted by Gasteiger charge is -1.95. The molecule has 0 radical (unpaired) electrons. The highest BCUT2D eigenvalue weighted by molar-refractivity contribution is 7.80. The monoisotopic (exact) mass is 184 g/mol. The van der Waals surface area contributed by atoms with Gasteiger partial charge in [-0.1, -0.05) is 0 Å². The molecule has 2 nitrogen and oxygen atoms in total. The van der Waals surface area contributed by atoms with E-state index in [-0.39, 0.29) is 5.25 Å². The Labute approximate surface area is 75.1 Å². The van der Waals surface area contributed by atoms with Crippen LogP contribution in [0.2, 0.25) is 0 Å². The summed E-state index contributed by atoms with van der Waals surface area (Å²) in [5.74, 6) is 0. The number of thiol groups is 1. The largest absolute Gasteiger partial charge is 0.389 e. The smallest absolute Gasteiger partial charge is 0.104 e. The van der Waals surface area contributed by atoms with Crippen LogP contribution in [0.5, 0.6) is 0 Å². The molecule has 0 saturated heterocycles. The van der Waals surface area contributed by atoms with E-state index in [1.807, 2.05) is 13.0 Å². The number of nitrogen functional groups attached to an aromatic ring is 1. The minimum atomic E-state index is 0.157. The molecular weight excluding hydrogens is 176 g/mol. The van der Waals surface area contributed by atoms with Gasteiger partial charge < -0.3 is 5.73 Å². The van der Waals surface area contributed by atoms with Crippen molar-refractivity contribution >= 4 is 29.0 Å². The van der Waals surface area contributed by atoms with Crippen molar-refractivity contribution in [1.82, 2.24) is 0 Å². The van der Waals surface area contributed by atoms with E-state index in [1.165, 1.54) is 11.3 Å². The molecule has 0 aliphatic carbocycles. The Bertz CT molecular complexity index is 296. The summed E-state index contributed by atoms with van der Waals surface area (Å²) in [6, 6.07) is 3.81. The second-order valence-corrected chi connectivity index (χ2v) is 4.10. The first-order valence-electron chi connectivity index (χ1n) is 3.12. The molecule has 58 valence electrons. The van der Waals surface area contributed by atoms with Gasteiger partial charge in [0.2, 0.25) is 0 Å². The van der Waals surface area contributed by atoms with E-state index in [1.54, 1.807) is 6.07 Å².